The third kappa shape index (κ3) is 4.58. The first-order valence-corrected chi connectivity index (χ1v) is 10.4. The topological polar surface area (TPSA) is 105 Å². The highest BCUT2D eigenvalue weighted by atomic mass is 32.1. The van der Waals surface area contributed by atoms with Crippen LogP contribution in [0.5, 0.6) is 11.6 Å². The van der Waals surface area contributed by atoms with E-state index in [9.17, 15) is 10.4 Å². The summed E-state index contributed by atoms with van der Waals surface area (Å²) in [5.41, 5.74) is 0.629. The highest BCUT2D eigenvalue weighted by Crippen LogP contribution is 2.31. The molecule has 2 aromatic heterocycles. The summed E-state index contributed by atoms with van der Waals surface area (Å²) >= 11 is 6.54. The van der Waals surface area contributed by atoms with Gasteiger partial charge in [-0.15, -0.1) is 11.3 Å². The van der Waals surface area contributed by atoms with E-state index in [1.54, 1.807) is 47.2 Å². The third-order valence-corrected chi connectivity index (χ3v) is 5.54. The molecule has 156 valence electrons. The number of hydrogen-bond acceptors (Lipinski definition) is 9. The lowest BCUT2D eigenvalue weighted by atomic mass is 10.3. The Morgan fingerprint density at radius 3 is 2.84 bits per heavy atom. The molecule has 0 fully saturated rings. The summed E-state index contributed by atoms with van der Waals surface area (Å²) in [5, 5.41) is 20.0. The van der Waals surface area contributed by atoms with E-state index in [-0.39, 0.29) is 23.4 Å². The summed E-state index contributed by atoms with van der Waals surface area (Å²) in [5.74, 6) is 1.57. The SMILES string of the molecule is CCOc1ccc(N=C2O/C(=C/c3sc(=S)n(Cc4ccco4)c3O)N=C2C#N)cc1. The van der Waals surface area contributed by atoms with Gasteiger partial charge in [0.25, 0.3) is 5.90 Å². The number of aliphatic imine (C=N–C) groups is 2. The van der Waals surface area contributed by atoms with E-state index in [1.807, 2.05) is 13.0 Å². The quantitative estimate of drug-likeness (QED) is 0.525. The first-order chi connectivity index (χ1) is 15.1. The Kier molecular flexibility index (Phi) is 5.97. The minimum absolute atomic E-state index is 0.0342. The molecule has 1 N–H and O–H groups in total. The van der Waals surface area contributed by atoms with Gasteiger partial charge in [-0.3, -0.25) is 4.57 Å². The van der Waals surface area contributed by atoms with Crippen molar-refractivity contribution in [2.45, 2.75) is 13.5 Å². The summed E-state index contributed by atoms with van der Waals surface area (Å²) in [6.07, 6.45) is 3.08. The van der Waals surface area contributed by atoms with Crippen molar-refractivity contribution in [1.29, 1.82) is 5.26 Å². The van der Waals surface area contributed by atoms with E-state index in [2.05, 4.69) is 9.98 Å². The summed E-state index contributed by atoms with van der Waals surface area (Å²) in [7, 11) is 0. The molecule has 0 saturated carbocycles. The van der Waals surface area contributed by atoms with E-state index < -0.39 is 0 Å². The van der Waals surface area contributed by atoms with Gasteiger partial charge < -0.3 is 19.0 Å². The van der Waals surface area contributed by atoms with Gasteiger partial charge in [0.15, 0.2) is 3.95 Å². The molecular formula is C21H16N4O4S2. The molecule has 4 rings (SSSR count). The Morgan fingerprint density at radius 2 is 2.16 bits per heavy atom. The maximum absolute atomic E-state index is 10.6. The van der Waals surface area contributed by atoms with Gasteiger partial charge in [-0.2, -0.15) is 10.3 Å². The van der Waals surface area contributed by atoms with Crippen molar-refractivity contribution in [3.63, 3.8) is 0 Å². The largest absolute Gasteiger partial charge is 0.494 e. The molecular weight excluding hydrogens is 436 g/mol. The Labute approximate surface area is 186 Å². The summed E-state index contributed by atoms with van der Waals surface area (Å²) < 4.78 is 18.4. The van der Waals surface area contributed by atoms with Crippen LogP contribution in [0.2, 0.25) is 0 Å². The molecule has 3 heterocycles. The Morgan fingerprint density at radius 1 is 1.35 bits per heavy atom. The van der Waals surface area contributed by atoms with Crippen LogP contribution in [0.15, 0.2) is 62.9 Å². The fourth-order valence-electron chi connectivity index (χ4n) is 2.76. The van der Waals surface area contributed by atoms with Crippen LogP contribution < -0.4 is 4.74 Å². The Bertz CT molecular complexity index is 1280. The molecule has 8 nitrogen and oxygen atoms in total. The lowest BCUT2D eigenvalue weighted by molar-refractivity contribution is 0.340. The van der Waals surface area contributed by atoms with E-state index in [0.717, 1.165) is 5.75 Å². The molecule has 3 aromatic rings. The van der Waals surface area contributed by atoms with E-state index >= 15 is 0 Å². The number of rotatable bonds is 6. The lowest BCUT2D eigenvalue weighted by Gasteiger charge is -2.03. The number of hydrogen-bond donors (Lipinski definition) is 1. The van der Waals surface area contributed by atoms with Gasteiger partial charge in [-0.25, -0.2) is 4.99 Å². The van der Waals surface area contributed by atoms with E-state index in [1.165, 1.54) is 17.4 Å². The van der Waals surface area contributed by atoms with E-state index in [4.69, 9.17) is 26.1 Å². The average Bonchev–Trinajstić information content (AvgIpc) is 3.47. The van der Waals surface area contributed by atoms with Gasteiger partial charge in [0.1, 0.15) is 17.6 Å². The van der Waals surface area contributed by atoms with Gasteiger partial charge in [-0.1, -0.05) is 0 Å². The molecule has 0 amide bonds. The summed E-state index contributed by atoms with van der Waals surface area (Å²) in [6.45, 7) is 2.78. The monoisotopic (exact) mass is 452 g/mol. The zero-order valence-electron chi connectivity index (χ0n) is 16.3. The van der Waals surface area contributed by atoms with Crippen LogP contribution in [-0.4, -0.2) is 27.9 Å². The Hall–Kier alpha value is -3.68. The van der Waals surface area contributed by atoms with Crippen LogP contribution >= 0.6 is 23.6 Å². The maximum atomic E-state index is 10.6. The number of nitriles is 1. The molecule has 0 atom stereocenters. The van der Waals surface area contributed by atoms with Crippen molar-refractivity contribution in [2.24, 2.45) is 9.98 Å². The third-order valence-electron chi connectivity index (χ3n) is 4.15. The number of aromatic hydroxyl groups is 1. The zero-order chi connectivity index (χ0) is 21.8. The summed E-state index contributed by atoms with van der Waals surface area (Å²) in [6, 6.07) is 12.6. The van der Waals surface area contributed by atoms with Crippen LogP contribution in [-0.2, 0) is 11.3 Å². The van der Waals surface area contributed by atoms with Crippen LogP contribution in [0.4, 0.5) is 5.69 Å². The van der Waals surface area contributed by atoms with Gasteiger partial charge in [0.2, 0.25) is 17.5 Å². The van der Waals surface area contributed by atoms with E-state index in [0.29, 0.717) is 33.4 Å². The van der Waals surface area contributed by atoms with Gasteiger partial charge >= 0.3 is 0 Å². The molecule has 31 heavy (non-hydrogen) atoms. The predicted octanol–water partition coefficient (Wildman–Crippen LogP) is 5.05. The average molecular weight is 453 g/mol. The number of benzene rings is 1. The first-order valence-electron chi connectivity index (χ1n) is 9.22. The summed E-state index contributed by atoms with van der Waals surface area (Å²) in [4.78, 5) is 8.95. The van der Waals surface area contributed by atoms with Crippen molar-refractivity contribution in [3.8, 4) is 17.7 Å². The molecule has 0 bridgehead atoms. The molecule has 1 aromatic carbocycles. The molecule has 0 radical (unpaired) electrons. The van der Waals surface area contributed by atoms with Crippen LogP contribution in [0, 0.1) is 15.3 Å². The van der Waals surface area contributed by atoms with Crippen molar-refractivity contribution < 1.29 is 19.0 Å². The minimum Gasteiger partial charge on any atom is -0.494 e. The number of aromatic nitrogens is 1. The standard InChI is InChI=1S/C21H16N4O4S2/c1-2-27-14-7-5-13(6-8-14)23-19-16(11-22)24-18(29-19)10-17-20(26)25(21(30)31-17)12-15-4-3-9-28-15/h3-10,26H,2,12H2,1H3/b18-10+,23-19?. The maximum Gasteiger partial charge on any atom is 0.258 e. The van der Waals surface area contributed by atoms with Crippen molar-refractivity contribution in [1.82, 2.24) is 4.57 Å². The molecule has 0 spiro atoms. The fraction of sp³-hybridized carbons (Fsp3) is 0.143. The van der Waals surface area contributed by atoms with Gasteiger partial charge in [-0.05, 0) is 55.5 Å². The second kappa shape index (κ2) is 8.99. The predicted molar refractivity (Wildman–Crippen MR) is 119 cm³/mol. The van der Waals surface area contributed by atoms with Crippen molar-refractivity contribution >= 4 is 46.9 Å². The highest BCUT2D eigenvalue weighted by Gasteiger charge is 2.23. The normalized spacial score (nSPS) is 15.7. The van der Waals surface area contributed by atoms with Crippen LogP contribution in [0.3, 0.4) is 0 Å². The number of nitrogens with zero attached hydrogens (tertiary/aromatic N) is 4. The lowest BCUT2D eigenvalue weighted by Crippen LogP contribution is -2.07. The second-order valence-corrected chi connectivity index (χ2v) is 7.90. The van der Waals surface area contributed by atoms with Crippen LogP contribution in [0.1, 0.15) is 17.6 Å². The molecule has 1 aliphatic rings. The number of thiazole rings is 1. The molecule has 0 saturated heterocycles. The highest BCUT2D eigenvalue weighted by molar-refractivity contribution is 7.73. The fourth-order valence-corrected chi connectivity index (χ4v) is 3.99. The zero-order valence-corrected chi connectivity index (χ0v) is 17.9. The molecule has 10 heteroatoms. The van der Waals surface area contributed by atoms with Gasteiger partial charge in [0.05, 0.1) is 30.0 Å². The van der Waals surface area contributed by atoms with Gasteiger partial charge in [0, 0.05) is 6.08 Å². The van der Waals surface area contributed by atoms with Crippen molar-refractivity contribution in [3.05, 3.63) is 63.1 Å². The second-order valence-electron chi connectivity index (χ2n) is 6.22. The smallest absolute Gasteiger partial charge is 0.258 e. The van der Waals surface area contributed by atoms with Crippen LogP contribution in [0.25, 0.3) is 6.08 Å². The number of ether oxygens (including phenoxy) is 2. The first kappa shape index (κ1) is 20.6. The Balaban J connectivity index is 1.58. The number of furan rings is 1. The molecule has 0 unspecified atom stereocenters. The van der Waals surface area contributed by atoms with Crippen molar-refractivity contribution in [2.75, 3.05) is 6.61 Å². The minimum atomic E-state index is -0.0342. The molecule has 1 aliphatic heterocycles. The molecule has 0 aliphatic carbocycles.